The number of rotatable bonds is 6. The highest BCUT2D eigenvalue weighted by molar-refractivity contribution is 7.90. The number of anilines is 1. The largest absolute Gasteiger partial charge is 0.356 e. The van der Waals surface area contributed by atoms with Crippen LogP contribution in [0.25, 0.3) is 11.4 Å². The summed E-state index contributed by atoms with van der Waals surface area (Å²) < 4.78 is 26.1. The quantitative estimate of drug-likeness (QED) is 0.780. The number of sulfonamides is 1. The molecule has 2 aromatic rings. The lowest BCUT2D eigenvalue weighted by molar-refractivity contribution is 0.583. The maximum Gasteiger partial charge on any atom is 0.215 e. The fourth-order valence-electron chi connectivity index (χ4n) is 2.11. The van der Waals surface area contributed by atoms with Crippen molar-refractivity contribution in [3.8, 4) is 11.4 Å². The molecule has 0 aliphatic heterocycles. The van der Waals surface area contributed by atoms with E-state index in [-0.39, 0.29) is 11.9 Å². The van der Waals surface area contributed by atoms with Crippen LogP contribution in [0.15, 0.2) is 30.5 Å². The summed E-state index contributed by atoms with van der Waals surface area (Å²) in [6.45, 7) is 1.95. The highest BCUT2D eigenvalue weighted by Crippen LogP contribution is 2.27. The van der Waals surface area contributed by atoms with E-state index in [0.29, 0.717) is 16.7 Å². The van der Waals surface area contributed by atoms with Crippen LogP contribution in [0.4, 0.5) is 5.82 Å². The van der Waals surface area contributed by atoms with Crippen LogP contribution in [0.3, 0.4) is 0 Å². The monoisotopic (exact) mass is 352 g/mol. The van der Waals surface area contributed by atoms with Gasteiger partial charge in [-0.25, -0.2) is 18.4 Å². The minimum Gasteiger partial charge on any atom is -0.356 e. The Bertz CT molecular complexity index is 822. The molecule has 8 heteroatoms. The van der Waals surface area contributed by atoms with Gasteiger partial charge in [-0.3, -0.25) is 0 Å². The zero-order valence-corrected chi connectivity index (χ0v) is 14.2. The summed E-state index contributed by atoms with van der Waals surface area (Å²) in [4.78, 5) is 8.73. The van der Waals surface area contributed by atoms with Crippen LogP contribution in [0.2, 0.25) is 5.02 Å². The van der Waals surface area contributed by atoms with Gasteiger partial charge in [-0.15, -0.1) is 0 Å². The standard InChI is InChI=1S/C15H17ClN4O2S/c1-10-8-17-15(12-4-2-3-5-13(12)16)20-14(10)18-9-19-23(21,22)11-6-7-11/h2-5,8,11,19H,6-7,9H2,1H3,(H,17,18,20). The molecule has 1 saturated carbocycles. The summed E-state index contributed by atoms with van der Waals surface area (Å²) in [7, 11) is -3.22. The summed E-state index contributed by atoms with van der Waals surface area (Å²) in [5, 5.41) is 3.32. The first-order valence-corrected chi connectivity index (χ1v) is 9.21. The molecule has 122 valence electrons. The minimum absolute atomic E-state index is 0.0959. The van der Waals surface area contributed by atoms with Crippen molar-refractivity contribution in [3.63, 3.8) is 0 Å². The van der Waals surface area contributed by atoms with E-state index < -0.39 is 10.0 Å². The van der Waals surface area contributed by atoms with Gasteiger partial charge in [-0.2, -0.15) is 4.72 Å². The number of aryl methyl sites for hydroxylation is 1. The number of benzene rings is 1. The lowest BCUT2D eigenvalue weighted by Gasteiger charge is -2.11. The molecule has 0 amide bonds. The fourth-order valence-corrected chi connectivity index (χ4v) is 3.60. The molecule has 1 aliphatic rings. The number of nitrogens with one attached hydrogen (secondary N) is 2. The normalized spacial score (nSPS) is 14.7. The number of halogens is 1. The predicted octanol–water partition coefficient (Wildman–Crippen LogP) is 2.56. The van der Waals surface area contributed by atoms with E-state index in [4.69, 9.17) is 11.6 Å². The molecule has 1 heterocycles. The molecule has 1 fully saturated rings. The fraction of sp³-hybridized carbons (Fsp3) is 0.333. The molecule has 1 aliphatic carbocycles. The van der Waals surface area contributed by atoms with Crippen LogP contribution >= 0.6 is 11.6 Å². The van der Waals surface area contributed by atoms with E-state index >= 15 is 0 Å². The lowest BCUT2D eigenvalue weighted by Crippen LogP contribution is -2.32. The third-order valence-electron chi connectivity index (χ3n) is 3.58. The summed E-state index contributed by atoms with van der Waals surface area (Å²) in [6, 6.07) is 7.32. The molecule has 0 radical (unpaired) electrons. The Morgan fingerprint density at radius 3 is 2.74 bits per heavy atom. The zero-order valence-electron chi connectivity index (χ0n) is 12.6. The molecule has 0 saturated heterocycles. The molecular formula is C15H17ClN4O2S. The maximum absolute atomic E-state index is 11.8. The SMILES string of the molecule is Cc1cnc(-c2ccccc2Cl)nc1NCNS(=O)(=O)C1CC1. The van der Waals surface area contributed by atoms with Crippen LogP contribution in [0.1, 0.15) is 18.4 Å². The minimum atomic E-state index is -3.22. The first-order chi connectivity index (χ1) is 11.0. The Morgan fingerprint density at radius 1 is 1.30 bits per heavy atom. The van der Waals surface area contributed by atoms with Gasteiger partial charge in [0.15, 0.2) is 5.82 Å². The van der Waals surface area contributed by atoms with Crippen LogP contribution in [0, 0.1) is 6.92 Å². The predicted molar refractivity (Wildman–Crippen MR) is 90.8 cm³/mol. The number of aromatic nitrogens is 2. The summed E-state index contributed by atoms with van der Waals surface area (Å²) in [5.41, 5.74) is 1.56. The van der Waals surface area contributed by atoms with E-state index in [1.165, 1.54) is 0 Å². The maximum atomic E-state index is 11.8. The summed E-state index contributed by atoms with van der Waals surface area (Å²) in [6.07, 6.45) is 3.15. The first kappa shape index (κ1) is 16.2. The van der Waals surface area contributed by atoms with Crippen molar-refractivity contribution in [2.75, 3.05) is 12.0 Å². The van der Waals surface area contributed by atoms with E-state index in [2.05, 4.69) is 20.0 Å². The second-order valence-electron chi connectivity index (χ2n) is 5.45. The molecule has 0 unspecified atom stereocenters. The van der Waals surface area contributed by atoms with Crippen molar-refractivity contribution in [1.29, 1.82) is 0 Å². The van der Waals surface area contributed by atoms with E-state index in [1.54, 1.807) is 12.3 Å². The molecule has 23 heavy (non-hydrogen) atoms. The smallest absolute Gasteiger partial charge is 0.215 e. The second-order valence-corrected chi connectivity index (χ2v) is 7.90. The zero-order chi connectivity index (χ0) is 16.4. The lowest BCUT2D eigenvalue weighted by atomic mass is 10.2. The first-order valence-electron chi connectivity index (χ1n) is 7.28. The van der Waals surface area contributed by atoms with E-state index in [1.807, 2.05) is 25.1 Å². The van der Waals surface area contributed by atoms with Gasteiger partial charge in [0, 0.05) is 17.3 Å². The second kappa shape index (κ2) is 6.43. The third kappa shape index (κ3) is 3.80. The number of nitrogens with zero attached hydrogens (tertiary/aromatic N) is 2. The van der Waals surface area contributed by atoms with Crippen molar-refractivity contribution >= 4 is 27.4 Å². The van der Waals surface area contributed by atoms with Gasteiger partial charge < -0.3 is 5.32 Å². The number of hydrogen-bond donors (Lipinski definition) is 2. The highest BCUT2D eigenvalue weighted by atomic mass is 35.5. The van der Waals surface area contributed by atoms with Crippen LogP contribution in [-0.4, -0.2) is 30.3 Å². The van der Waals surface area contributed by atoms with Gasteiger partial charge in [-0.1, -0.05) is 23.7 Å². The molecule has 2 N–H and O–H groups in total. The van der Waals surface area contributed by atoms with Gasteiger partial charge in [0.25, 0.3) is 0 Å². The molecular weight excluding hydrogens is 336 g/mol. The van der Waals surface area contributed by atoms with Crippen LogP contribution in [-0.2, 0) is 10.0 Å². The Morgan fingerprint density at radius 2 is 2.04 bits per heavy atom. The van der Waals surface area contributed by atoms with Crippen LogP contribution < -0.4 is 10.0 Å². The van der Waals surface area contributed by atoms with Crippen molar-refractivity contribution in [3.05, 3.63) is 41.0 Å². The molecule has 0 spiro atoms. The van der Waals surface area contributed by atoms with Crippen LogP contribution in [0.5, 0.6) is 0 Å². The van der Waals surface area contributed by atoms with Crippen molar-refractivity contribution in [2.24, 2.45) is 0 Å². The third-order valence-corrected chi connectivity index (χ3v) is 5.80. The molecule has 1 aromatic heterocycles. The Hall–Kier alpha value is -1.70. The molecule has 3 rings (SSSR count). The van der Waals surface area contributed by atoms with E-state index in [0.717, 1.165) is 24.0 Å². The van der Waals surface area contributed by atoms with Crippen molar-refractivity contribution in [1.82, 2.24) is 14.7 Å². The molecule has 0 atom stereocenters. The average molecular weight is 353 g/mol. The van der Waals surface area contributed by atoms with E-state index in [9.17, 15) is 8.42 Å². The van der Waals surface area contributed by atoms with Crippen molar-refractivity contribution in [2.45, 2.75) is 25.0 Å². The van der Waals surface area contributed by atoms with Gasteiger partial charge in [0.1, 0.15) is 5.82 Å². The van der Waals surface area contributed by atoms with Gasteiger partial charge in [-0.05, 0) is 31.9 Å². The Kier molecular flexibility index (Phi) is 4.52. The topological polar surface area (TPSA) is 84.0 Å². The Balaban J connectivity index is 1.74. The molecule has 0 bridgehead atoms. The van der Waals surface area contributed by atoms with Crippen molar-refractivity contribution < 1.29 is 8.42 Å². The molecule has 1 aromatic carbocycles. The van der Waals surface area contributed by atoms with Gasteiger partial charge in [0.2, 0.25) is 10.0 Å². The molecule has 6 nitrogen and oxygen atoms in total. The average Bonchev–Trinajstić information content (AvgIpc) is 3.35. The number of hydrogen-bond acceptors (Lipinski definition) is 5. The Labute approximate surface area is 140 Å². The summed E-state index contributed by atoms with van der Waals surface area (Å²) >= 11 is 6.16. The summed E-state index contributed by atoms with van der Waals surface area (Å²) in [5.74, 6) is 1.07. The highest BCUT2D eigenvalue weighted by Gasteiger charge is 2.35. The van der Waals surface area contributed by atoms with Gasteiger partial charge >= 0.3 is 0 Å². The van der Waals surface area contributed by atoms with Gasteiger partial charge in [0.05, 0.1) is 16.9 Å².